The van der Waals surface area contributed by atoms with Gasteiger partial charge >= 0.3 is 0 Å². The van der Waals surface area contributed by atoms with Crippen molar-refractivity contribution in [2.24, 2.45) is 0 Å². The average Bonchev–Trinajstić information content (AvgIpc) is 2.40. The van der Waals surface area contributed by atoms with E-state index in [9.17, 15) is 20.2 Å². The Morgan fingerprint density at radius 2 is 0.905 bits per heavy atom. The van der Waals surface area contributed by atoms with Crippen LogP contribution in [0.15, 0.2) is 48.5 Å². The third-order valence-electron chi connectivity index (χ3n) is 2.12. The van der Waals surface area contributed by atoms with Gasteiger partial charge in [-0.05, 0) is 24.3 Å². The van der Waals surface area contributed by atoms with Gasteiger partial charge in [0.2, 0.25) is 0 Å². The van der Waals surface area contributed by atoms with Gasteiger partial charge in [0.05, 0.1) is 9.85 Å². The zero-order valence-corrected chi connectivity index (χ0v) is 13.0. The molecule has 0 aromatic heterocycles. The van der Waals surface area contributed by atoms with Crippen LogP contribution in [0.1, 0.15) is 0 Å². The Bertz CT molecular complexity index is 545. The minimum absolute atomic E-state index is 0. The number of nitro groups is 2. The van der Waals surface area contributed by atoms with E-state index >= 15 is 0 Å². The number of phenols is 2. The van der Waals surface area contributed by atoms with Gasteiger partial charge in [-0.25, -0.2) is 0 Å². The topological polar surface area (TPSA) is 127 Å². The van der Waals surface area contributed by atoms with Crippen molar-refractivity contribution < 1.29 is 46.3 Å². The van der Waals surface area contributed by atoms with Crippen molar-refractivity contribution in [2.45, 2.75) is 0 Å². The number of rotatable bonds is 2. The van der Waals surface area contributed by atoms with E-state index in [4.69, 9.17) is 10.2 Å². The van der Waals surface area contributed by atoms with Crippen molar-refractivity contribution in [1.82, 2.24) is 0 Å². The first-order valence-electron chi connectivity index (χ1n) is 5.27. The molecule has 0 aliphatic carbocycles. The first kappa shape index (κ1) is 18.7. The maximum absolute atomic E-state index is 10.0. The molecule has 0 atom stereocenters. The molecule has 0 aliphatic rings. The summed E-state index contributed by atoms with van der Waals surface area (Å²) in [5.41, 5.74) is -0.0319. The summed E-state index contributed by atoms with van der Waals surface area (Å²) < 4.78 is 0. The largest absolute Gasteiger partial charge is 0.508 e. The van der Waals surface area contributed by atoms with E-state index in [0.717, 1.165) is 0 Å². The fraction of sp³-hybridized carbons (Fsp3) is 0. The van der Waals surface area contributed by atoms with Gasteiger partial charge in [-0.1, -0.05) is 0 Å². The molecule has 0 heterocycles. The number of phenolic OH excluding ortho intramolecular Hbond substituents is 2. The molecule has 9 heteroatoms. The van der Waals surface area contributed by atoms with E-state index in [-0.39, 0.29) is 49.1 Å². The second-order valence-electron chi connectivity index (χ2n) is 3.55. The second-order valence-corrected chi connectivity index (χ2v) is 3.55. The summed E-state index contributed by atoms with van der Waals surface area (Å²) in [6.07, 6.45) is 0. The molecule has 2 aromatic rings. The van der Waals surface area contributed by atoms with Crippen LogP contribution in [0.25, 0.3) is 0 Å². The SMILES string of the molecule is O=[N+]([O-])c1ccc(O)cc1.O=[N+]([O-])c1ccc(O)cc1.[Zr]. The Morgan fingerprint density at radius 1 is 0.667 bits per heavy atom. The number of benzene rings is 2. The third-order valence-corrected chi connectivity index (χ3v) is 2.12. The van der Waals surface area contributed by atoms with E-state index in [1.54, 1.807) is 0 Å². The molecular formula is C12H10N2O6Zr. The first-order chi connectivity index (χ1) is 9.40. The van der Waals surface area contributed by atoms with Crippen LogP contribution >= 0.6 is 0 Å². The van der Waals surface area contributed by atoms with Gasteiger partial charge in [-0.3, -0.25) is 20.2 Å². The standard InChI is InChI=1S/2C6H5NO3.Zr/c2*8-6-3-1-5(2-4-6)7(9)10;/h2*1-4,8H;. The summed E-state index contributed by atoms with van der Waals surface area (Å²) in [4.78, 5) is 19.0. The smallest absolute Gasteiger partial charge is 0.269 e. The average molecular weight is 369 g/mol. The van der Waals surface area contributed by atoms with Crippen LogP contribution in [0.5, 0.6) is 11.5 Å². The molecule has 8 nitrogen and oxygen atoms in total. The summed E-state index contributed by atoms with van der Waals surface area (Å²) >= 11 is 0. The predicted molar refractivity (Wildman–Crippen MR) is 69.5 cm³/mol. The van der Waals surface area contributed by atoms with Crippen LogP contribution in [0.3, 0.4) is 0 Å². The quantitative estimate of drug-likeness (QED) is 0.619. The van der Waals surface area contributed by atoms with Crippen molar-refractivity contribution in [2.75, 3.05) is 0 Å². The van der Waals surface area contributed by atoms with Crippen LogP contribution in [-0.2, 0) is 26.2 Å². The molecule has 0 aliphatic heterocycles. The van der Waals surface area contributed by atoms with Gasteiger partial charge < -0.3 is 10.2 Å². The van der Waals surface area contributed by atoms with E-state index in [2.05, 4.69) is 0 Å². The Hall–Kier alpha value is -2.28. The van der Waals surface area contributed by atoms with Crippen molar-refractivity contribution >= 4 is 11.4 Å². The summed E-state index contributed by atoms with van der Waals surface area (Å²) in [5.74, 6) is 0.0659. The Kier molecular flexibility index (Phi) is 7.85. The number of non-ortho nitro benzene ring substituents is 2. The molecule has 0 unspecified atom stereocenters. The Labute approximate surface area is 138 Å². The summed E-state index contributed by atoms with van der Waals surface area (Å²) in [7, 11) is 0. The van der Waals surface area contributed by atoms with Gasteiger partial charge in [-0.15, -0.1) is 0 Å². The van der Waals surface area contributed by atoms with Gasteiger partial charge in [0, 0.05) is 50.5 Å². The second kappa shape index (κ2) is 8.81. The van der Waals surface area contributed by atoms with Crippen molar-refractivity contribution in [3.05, 3.63) is 68.8 Å². The number of aromatic hydroxyl groups is 2. The maximum atomic E-state index is 10.0. The molecule has 0 spiro atoms. The number of hydrogen-bond donors (Lipinski definition) is 2. The van der Waals surface area contributed by atoms with Crippen molar-refractivity contribution in [3.63, 3.8) is 0 Å². The monoisotopic (exact) mass is 368 g/mol. The first-order valence-corrected chi connectivity index (χ1v) is 5.27. The fourth-order valence-corrected chi connectivity index (χ4v) is 1.15. The Morgan fingerprint density at radius 3 is 1.10 bits per heavy atom. The summed E-state index contributed by atoms with van der Waals surface area (Å²) in [6.45, 7) is 0. The maximum Gasteiger partial charge on any atom is 0.269 e. The van der Waals surface area contributed by atoms with Crippen LogP contribution in [0, 0.1) is 20.2 Å². The van der Waals surface area contributed by atoms with E-state index in [1.165, 1.54) is 48.5 Å². The zero-order chi connectivity index (χ0) is 15.1. The third kappa shape index (κ3) is 6.62. The molecule has 2 rings (SSSR count). The van der Waals surface area contributed by atoms with Crippen molar-refractivity contribution in [3.8, 4) is 11.5 Å². The molecule has 21 heavy (non-hydrogen) atoms. The van der Waals surface area contributed by atoms with Gasteiger partial charge in [0.25, 0.3) is 11.4 Å². The number of nitrogens with zero attached hydrogens (tertiary/aromatic N) is 2. The number of nitro benzene ring substituents is 2. The Balaban J connectivity index is 0.000000364. The van der Waals surface area contributed by atoms with E-state index < -0.39 is 9.85 Å². The number of hydrogen-bond acceptors (Lipinski definition) is 6. The molecule has 2 N–H and O–H groups in total. The van der Waals surface area contributed by atoms with E-state index in [1.807, 2.05) is 0 Å². The molecule has 108 valence electrons. The molecular weight excluding hydrogens is 359 g/mol. The van der Waals surface area contributed by atoms with E-state index in [0.29, 0.717) is 0 Å². The summed E-state index contributed by atoms with van der Waals surface area (Å²) in [6, 6.07) is 10.1. The zero-order valence-electron chi connectivity index (χ0n) is 10.5. The van der Waals surface area contributed by atoms with Crippen LogP contribution < -0.4 is 0 Å². The predicted octanol–water partition coefficient (Wildman–Crippen LogP) is 2.60. The van der Waals surface area contributed by atoms with Crippen LogP contribution in [0.2, 0.25) is 0 Å². The molecule has 0 bridgehead atoms. The van der Waals surface area contributed by atoms with Gasteiger partial charge in [0.1, 0.15) is 11.5 Å². The van der Waals surface area contributed by atoms with Gasteiger partial charge in [0.15, 0.2) is 0 Å². The fourth-order valence-electron chi connectivity index (χ4n) is 1.15. The van der Waals surface area contributed by atoms with Crippen LogP contribution in [-0.4, -0.2) is 20.1 Å². The van der Waals surface area contributed by atoms with Crippen molar-refractivity contribution in [1.29, 1.82) is 0 Å². The van der Waals surface area contributed by atoms with Gasteiger partial charge in [-0.2, -0.15) is 0 Å². The molecule has 0 saturated carbocycles. The molecule has 2 aromatic carbocycles. The normalized spacial score (nSPS) is 8.76. The minimum Gasteiger partial charge on any atom is -0.508 e. The van der Waals surface area contributed by atoms with Crippen LogP contribution in [0.4, 0.5) is 11.4 Å². The molecule has 0 amide bonds. The summed E-state index contributed by atoms with van der Waals surface area (Å²) in [5, 5.41) is 37.5. The minimum atomic E-state index is -0.514. The molecule has 0 radical (unpaired) electrons. The molecule has 0 saturated heterocycles. The molecule has 0 fully saturated rings.